The predicted octanol–water partition coefficient (Wildman–Crippen LogP) is 2.65. The Balaban J connectivity index is 3.33. The second-order valence-electron chi connectivity index (χ2n) is 7.29. The van der Waals surface area contributed by atoms with Crippen LogP contribution in [0.25, 0.3) is 0 Å². The maximum absolute atomic E-state index is 3.58. The molecular formula is C18H44N4Si. The monoisotopic (exact) mass is 344 g/mol. The molecule has 0 aliphatic carbocycles. The van der Waals surface area contributed by atoms with Crippen molar-refractivity contribution >= 4 is 8.07 Å². The summed E-state index contributed by atoms with van der Waals surface area (Å²) in [5, 5.41) is 13.9. The first-order chi connectivity index (χ1) is 11.1. The molecule has 140 valence electrons. The first kappa shape index (κ1) is 23.1. The van der Waals surface area contributed by atoms with E-state index in [4.69, 9.17) is 0 Å². The molecule has 0 bridgehead atoms. The normalized spacial score (nSPS) is 12.0. The predicted molar refractivity (Wildman–Crippen MR) is 108 cm³/mol. The smallest absolute Gasteiger partial charge is 0.0474 e. The van der Waals surface area contributed by atoms with E-state index < -0.39 is 8.07 Å². The summed E-state index contributed by atoms with van der Waals surface area (Å²) in [7, 11) is -0.970. The van der Waals surface area contributed by atoms with E-state index >= 15 is 0 Å². The maximum Gasteiger partial charge on any atom is 0.0474 e. The summed E-state index contributed by atoms with van der Waals surface area (Å²) in [5.41, 5.74) is 0. The van der Waals surface area contributed by atoms with Crippen molar-refractivity contribution in [3.63, 3.8) is 0 Å². The van der Waals surface area contributed by atoms with Crippen molar-refractivity contribution in [1.82, 2.24) is 21.3 Å². The fourth-order valence-electron chi connectivity index (χ4n) is 2.79. The van der Waals surface area contributed by atoms with Gasteiger partial charge in [0.2, 0.25) is 0 Å². The average molecular weight is 345 g/mol. The zero-order chi connectivity index (χ0) is 17.2. The van der Waals surface area contributed by atoms with Gasteiger partial charge in [0.1, 0.15) is 0 Å². The van der Waals surface area contributed by atoms with Gasteiger partial charge in [0.25, 0.3) is 0 Å². The van der Waals surface area contributed by atoms with Crippen molar-refractivity contribution < 1.29 is 0 Å². The largest absolute Gasteiger partial charge is 0.317 e. The van der Waals surface area contributed by atoms with Gasteiger partial charge in [-0.15, -0.1) is 0 Å². The van der Waals surface area contributed by atoms with E-state index in [0.717, 1.165) is 39.3 Å². The standard InChI is InChI=1S/C18H44N4Si/c1-5-19-11-7-13-21-15-9-17-23(3,4)18-10-16-22-14-8-12-20-6-2/h19-22H,5-18H2,1-4H3. The van der Waals surface area contributed by atoms with Gasteiger partial charge >= 0.3 is 0 Å². The molecule has 0 saturated carbocycles. The Bertz CT molecular complexity index is 215. The molecule has 0 aliphatic rings. The van der Waals surface area contributed by atoms with E-state index in [1.54, 1.807) is 0 Å². The van der Waals surface area contributed by atoms with Gasteiger partial charge in [-0.1, -0.05) is 39.0 Å². The highest BCUT2D eigenvalue weighted by atomic mass is 28.3. The SMILES string of the molecule is CCNCCCNCCC[Si](C)(C)CCCNCCCNCC. The van der Waals surface area contributed by atoms with Crippen LogP contribution in [0.1, 0.15) is 39.5 Å². The molecule has 0 rings (SSSR count). The van der Waals surface area contributed by atoms with Crippen LogP contribution in [0.4, 0.5) is 0 Å². The zero-order valence-corrected chi connectivity index (χ0v) is 17.4. The molecule has 0 aliphatic heterocycles. The van der Waals surface area contributed by atoms with Crippen molar-refractivity contribution in [3.8, 4) is 0 Å². The summed E-state index contributed by atoms with van der Waals surface area (Å²) in [6, 6.07) is 2.93. The summed E-state index contributed by atoms with van der Waals surface area (Å²) in [4.78, 5) is 0. The molecule has 0 saturated heterocycles. The Labute approximate surface area is 147 Å². The number of rotatable bonds is 18. The first-order valence-corrected chi connectivity index (χ1v) is 13.4. The molecule has 5 heteroatoms. The molecule has 0 heterocycles. The van der Waals surface area contributed by atoms with Gasteiger partial charge in [0, 0.05) is 8.07 Å². The highest BCUT2D eigenvalue weighted by Crippen LogP contribution is 2.18. The molecule has 0 amide bonds. The molecule has 0 fully saturated rings. The third-order valence-corrected chi connectivity index (χ3v) is 7.74. The van der Waals surface area contributed by atoms with Crippen LogP contribution < -0.4 is 21.3 Å². The number of nitrogens with one attached hydrogen (secondary N) is 4. The van der Waals surface area contributed by atoms with Crippen molar-refractivity contribution in [1.29, 1.82) is 0 Å². The second-order valence-corrected chi connectivity index (χ2v) is 12.6. The van der Waals surface area contributed by atoms with Crippen LogP contribution in [-0.4, -0.2) is 60.4 Å². The topological polar surface area (TPSA) is 48.1 Å². The van der Waals surface area contributed by atoms with Crippen molar-refractivity contribution in [2.24, 2.45) is 0 Å². The summed E-state index contributed by atoms with van der Waals surface area (Å²) in [6.07, 6.45) is 5.20. The summed E-state index contributed by atoms with van der Waals surface area (Å²) >= 11 is 0. The Kier molecular flexibility index (Phi) is 16.9. The Morgan fingerprint density at radius 1 is 0.522 bits per heavy atom. The van der Waals surface area contributed by atoms with E-state index in [9.17, 15) is 0 Å². The van der Waals surface area contributed by atoms with Gasteiger partial charge < -0.3 is 21.3 Å². The highest BCUT2D eigenvalue weighted by molar-refractivity contribution is 6.77. The summed E-state index contributed by atoms with van der Waals surface area (Å²) in [5.74, 6) is 0. The lowest BCUT2D eigenvalue weighted by atomic mass is 10.4. The lowest BCUT2D eigenvalue weighted by Crippen LogP contribution is -2.29. The van der Waals surface area contributed by atoms with Gasteiger partial charge in [0.05, 0.1) is 0 Å². The fourth-order valence-corrected chi connectivity index (χ4v) is 5.31. The van der Waals surface area contributed by atoms with Gasteiger partial charge in [-0.2, -0.15) is 0 Å². The molecule has 0 radical (unpaired) electrons. The van der Waals surface area contributed by atoms with E-state index in [1.165, 1.54) is 50.9 Å². The molecule has 0 aromatic heterocycles. The van der Waals surface area contributed by atoms with E-state index in [2.05, 4.69) is 48.2 Å². The molecule has 0 aromatic carbocycles. The Morgan fingerprint density at radius 2 is 0.870 bits per heavy atom. The molecule has 0 aromatic rings. The van der Waals surface area contributed by atoms with Gasteiger partial charge in [-0.3, -0.25) is 0 Å². The van der Waals surface area contributed by atoms with Crippen molar-refractivity contribution in [2.45, 2.75) is 64.7 Å². The van der Waals surface area contributed by atoms with Crippen LogP contribution in [-0.2, 0) is 0 Å². The average Bonchev–Trinajstić information content (AvgIpc) is 2.52. The minimum absolute atomic E-state index is 0.970. The van der Waals surface area contributed by atoms with Crippen LogP contribution in [0, 0.1) is 0 Å². The molecule has 0 atom stereocenters. The number of hydrogen-bond acceptors (Lipinski definition) is 4. The van der Waals surface area contributed by atoms with Crippen LogP contribution in [0.15, 0.2) is 0 Å². The quantitative estimate of drug-likeness (QED) is 0.228. The highest BCUT2D eigenvalue weighted by Gasteiger charge is 2.18. The van der Waals surface area contributed by atoms with E-state index in [0.29, 0.717) is 0 Å². The lowest BCUT2D eigenvalue weighted by Gasteiger charge is -2.22. The summed E-state index contributed by atoms with van der Waals surface area (Å²) < 4.78 is 0. The molecule has 0 spiro atoms. The second kappa shape index (κ2) is 16.9. The van der Waals surface area contributed by atoms with Gasteiger partial charge in [-0.05, 0) is 78.0 Å². The third kappa shape index (κ3) is 18.2. The van der Waals surface area contributed by atoms with Crippen molar-refractivity contribution in [2.75, 3.05) is 52.4 Å². The molecule has 23 heavy (non-hydrogen) atoms. The lowest BCUT2D eigenvalue weighted by molar-refractivity contribution is 0.597. The van der Waals surface area contributed by atoms with E-state index in [-0.39, 0.29) is 0 Å². The minimum atomic E-state index is -0.970. The van der Waals surface area contributed by atoms with Crippen LogP contribution in [0.2, 0.25) is 25.2 Å². The molecule has 0 unspecified atom stereocenters. The zero-order valence-electron chi connectivity index (χ0n) is 16.4. The van der Waals surface area contributed by atoms with E-state index in [1.807, 2.05) is 0 Å². The minimum Gasteiger partial charge on any atom is -0.317 e. The number of hydrogen-bond donors (Lipinski definition) is 4. The molecular weight excluding hydrogens is 300 g/mol. The first-order valence-electron chi connectivity index (χ1n) is 9.95. The maximum atomic E-state index is 3.58. The fraction of sp³-hybridized carbons (Fsp3) is 1.00. The van der Waals surface area contributed by atoms with Crippen LogP contribution in [0.5, 0.6) is 0 Å². The third-order valence-electron chi connectivity index (χ3n) is 4.33. The Morgan fingerprint density at radius 3 is 1.26 bits per heavy atom. The van der Waals surface area contributed by atoms with Gasteiger partial charge in [-0.25, -0.2) is 0 Å². The van der Waals surface area contributed by atoms with Crippen LogP contribution >= 0.6 is 0 Å². The van der Waals surface area contributed by atoms with Crippen molar-refractivity contribution in [3.05, 3.63) is 0 Å². The van der Waals surface area contributed by atoms with Gasteiger partial charge in [0.15, 0.2) is 0 Å². The molecule has 4 nitrogen and oxygen atoms in total. The van der Waals surface area contributed by atoms with Crippen LogP contribution in [0.3, 0.4) is 0 Å². The summed E-state index contributed by atoms with van der Waals surface area (Å²) in [6.45, 7) is 18.6. The molecule has 4 N–H and O–H groups in total. The Hall–Kier alpha value is 0.0569.